The molecular weight excluding hydrogens is 284 g/mol. The van der Waals surface area contributed by atoms with Gasteiger partial charge in [-0.05, 0) is 48.9 Å². The van der Waals surface area contributed by atoms with Gasteiger partial charge in [0.2, 0.25) is 10.0 Å². The minimum atomic E-state index is -3.44. The van der Waals surface area contributed by atoms with Gasteiger partial charge in [0.05, 0.1) is 4.90 Å². The van der Waals surface area contributed by atoms with Gasteiger partial charge in [0, 0.05) is 13.1 Å². The van der Waals surface area contributed by atoms with Crippen LogP contribution >= 0.6 is 0 Å². The van der Waals surface area contributed by atoms with Crippen LogP contribution in [-0.4, -0.2) is 15.0 Å². The van der Waals surface area contributed by atoms with E-state index in [1.54, 1.807) is 6.07 Å². The van der Waals surface area contributed by atoms with Crippen LogP contribution in [0.25, 0.3) is 0 Å². The molecule has 1 aliphatic rings. The Morgan fingerprint density at radius 3 is 2.48 bits per heavy atom. The SMILES string of the molecule is Cc1cc(C)c(S(=O)(=O)NCCC2CCCC2)cc1CN. The fraction of sp³-hybridized carbons (Fsp3) is 0.625. The Bertz CT molecular complexity index is 591. The van der Waals surface area contributed by atoms with Crippen molar-refractivity contribution < 1.29 is 8.42 Å². The van der Waals surface area contributed by atoms with E-state index in [0.29, 0.717) is 23.9 Å². The molecule has 0 aromatic heterocycles. The lowest BCUT2D eigenvalue weighted by atomic mass is 10.1. The molecular formula is C16H26N2O2S. The van der Waals surface area contributed by atoms with Gasteiger partial charge in [-0.2, -0.15) is 0 Å². The molecule has 5 heteroatoms. The summed E-state index contributed by atoms with van der Waals surface area (Å²) < 4.78 is 27.7. The summed E-state index contributed by atoms with van der Waals surface area (Å²) in [6.45, 7) is 4.67. The first-order valence-electron chi connectivity index (χ1n) is 7.74. The number of nitrogens with two attached hydrogens (primary N) is 1. The van der Waals surface area contributed by atoms with Gasteiger partial charge < -0.3 is 5.73 Å². The summed E-state index contributed by atoms with van der Waals surface area (Å²) in [6.07, 6.45) is 5.99. The van der Waals surface area contributed by atoms with Crippen molar-refractivity contribution in [1.29, 1.82) is 0 Å². The van der Waals surface area contributed by atoms with E-state index >= 15 is 0 Å². The highest BCUT2D eigenvalue weighted by Crippen LogP contribution is 2.27. The quantitative estimate of drug-likeness (QED) is 0.848. The van der Waals surface area contributed by atoms with Crippen molar-refractivity contribution in [3.8, 4) is 0 Å². The first-order chi connectivity index (χ1) is 9.94. The molecule has 118 valence electrons. The Hall–Kier alpha value is -0.910. The monoisotopic (exact) mass is 310 g/mol. The zero-order chi connectivity index (χ0) is 15.5. The highest BCUT2D eigenvalue weighted by atomic mass is 32.2. The minimum Gasteiger partial charge on any atom is -0.326 e. The first kappa shape index (κ1) is 16.5. The second-order valence-corrected chi connectivity index (χ2v) is 7.82. The Morgan fingerprint density at radius 2 is 1.86 bits per heavy atom. The molecule has 0 spiro atoms. The van der Waals surface area contributed by atoms with Gasteiger partial charge in [0.25, 0.3) is 0 Å². The molecule has 1 aromatic carbocycles. The fourth-order valence-electron chi connectivity index (χ4n) is 3.16. The number of hydrogen-bond donors (Lipinski definition) is 2. The lowest BCUT2D eigenvalue weighted by Crippen LogP contribution is -2.27. The molecule has 2 rings (SSSR count). The smallest absolute Gasteiger partial charge is 0.240 e. The maximum absolute atomic E-state index is 12.5. The minimum absolute atomic E-state index is 0.358. The molecule has 0 radical (unpaired) electrons. The Balaban J connectivity index is 2.07. The summed E-state index contributed by atoms with van der Waals surface area (Å²) in [5.74, 6) is 0.686. The topological polar surface area (TPSA) is 72.2 Å². The Morgan fingerprint density at radius 1 is 1.19 bits per heavy atom. The summed E-state index contributed by atoms with van der Waals surface area (Å²) in [4.78, 5) is 0.361. The van der Waals surface area contributed by atoms with Crippen LogP contribution in [0.3, 0.4) is 0 Å². The summed E-state index contributed by atoms with van der Waals surface area (Å²) in [5, 5.41) is 0. The first-order valence-corrected chi connectivity index (χ1v) is 9.22. The molecule has 1 fully saturated rings. The standard InChI is InChI=1S/C16H26N2O2S/c1-12-9-13(2)16(10-15(12)11-17)21(19,20)18-8-7-14-5-3-4-6-14/h9-10,14,18H,3-8,11,17H2,1-2H3. The normalized spacial score (nSPS) is 16.5. The van der Waals surface area contributed by atoms with E-state index in [4.69, 9.17) is 5.73 Å². The predicted molar refractivity (Wildman–Crippen MR) is 85.6 cm³/mol. The van der Waals surface area contributed by atoms with E-state index in [0.717, 1.165) is 23.1 Å². The largest absolute Gasteiger partial charge is 0.326 e. The van der Waals surface area contributed by atoms with Gasteiger partial charge in [-0.1, -0.05) is 31.7 Å². The number of hydrogen-bond acceptors (Lipinski definition) is 3. The van der Waals surface area contributed by atoms with Gasteiger partial charge in [0.15, 0.2) is 0 Å². The molecule has 0 bridgehead atoms. The van der Waals surface area contributed by atoms with Crippen LogP contribution in [0, 0.1) is 19.8 Å². The summed E-state index contributed by atoms with van der Waals surface area (Å²) in [7, 11) is -3.44. The van der Waals surface area contributed by atoms with Crippen molar-refractivity contribution in [3.63, 3.8) is 0 Å². The average molecular weight is 310 g/mol. The third kappa shape index (κ3) is 4.05. The molecule has 0 unspecified atom stereocenters. The number of benzene rings is 1. The zero-order valence-corrected chi connectivity index (χ0v) is 13.8. The molecule has 3 N–H and O–H groups in total. The molecule has 21 heavy (non-hydrogen) atoms. The molecule has 1 aliphatic carbocycles. The predicted octanol–water partition coefficient (Wildman–Crippen LogP) is 2.62. The van der Waals surface area contributed by atoms with E-state index < -0.39 is 10.0 Å². The summed E-state index contributed by atoms with van der Waals surface area (Å²) in [5.41, 5.74) is 8.38. The van der Waals surface area contributed by atoms with Crippen LogP contribution in [0.4, 0.5) is 0 Å². The van der Waals surface area contributed by atoms with Crippen LogP contribution in [0.1, 0.15) is 48.8 Å². The third-order valence-corrected chi connectivity index (χ3v) is 6.07. The molecule has 1 aromatic rings. The second kappa shape index (κ2) is 6.90. The van der Waals surface area contributed by atoms with Crippen LogP contribution in [0.15, 0.2) is 17.0 Å². The van der Waals surface area contributed by atoms with Crippen molar-refractivity contribution in [1.82, 2.24) is 4.72 Å². The van der Waals surface area contributed by atoms with Gasteiger partial charge in [-0.3, -0.25) is 0 Å². The molecule has 0 aliphatic heterocycles. The Labute approximate surface area is 128 Å². The number of aryl methyl sites for hydroxylation is 2. The highest BCUT2D eigenvalue weighted by molar-refractivity contribution is 7.89. The number of sulfonamides is 1. The van der Waals surface area contributed by atoms with E-state index in [2.05, 4.69) is 4.72 Å². The third-order valence-electron chi connectivity index (χ3n) is 4.46. The lowest BCUT2D eigenvalue weighted by molar-refractivity contribution is 0.495. The van der Waals surface area contributed by atoms with Crippen molar-refractivity contribution in [2.45, 2.75) is 57.4 Å². The fourth-order valence-corrected chi connectivity index (χ4v) is 4.48. The average Bonchev–Trinajstić information content (AvgIpc) is 2.91. The van der Waals surface area contributed by atoms with Gasteiger partial charge in [-0.15, -0.1) is 0 Å². The van der Waals surface area contributed by atoms with Crippen molar-refractivity contribution >= 4 is 10.0 Å². The molecule has 0 saturated heterocycles. The summed E-state index contributed by atoms with van der Waals surface area (Å²) >= 11 is 0. The van der Waals surface area contributed by atoms with Crippen molar-refractivity contribution in [3.05, 3.63) is 28.8 Å². The number of nitrogens with one attached hydrogen (secondary N) is 1. The van der Waals surface area contributed by atoms with Crippen molar-refractivity contribution in [2.24, 2.45) is 11.7 Å². The van der Waals surface area contributed by atoms with Crippen molar-refractivity contribution in [2.75, 3.05) is 6.54 Å². The number of rotatable bonds is 6. The Kier molecular flexibility index (Phi) is 5.41. The highest BCUT2D eigenvalue weighted by Gasteiger charge is 2.20. The molecule has 1 saturated carbocycles. The van der Waals surface area contributed by atoms with E-state index in [-0.39, 0.29) is 0 Å². The maximum atomic E-state index is 12.5. The summed E-state index contributed by atoms with van der Waals surface area (Å²) in [6, 6.07) is 3.61. The molecule has 0 atom stereocenters. The second-order valence-electron chi connectivity index (χ2n) is 6.09. The molecule has 0 amide bonds. The van der Waals surface area contributed by atoms with Crippen LogP contribution < -0.4 is 10.5 Å². The van der Waals surface area contributed by atoms with Gasteiger partial charge in [-0.25, -0.2) is 13.1 Å². The van der Waals surface area contributed by atoms with Crippen LogP contribution in [-0.2, 0) is 16.6 Å². The van der Waals surface area contributed by atoms with Gasteiger partial charge >= 0.3 is 0 Å². The maximum Gasteiger partial charge on any atom is 0.240 e. The molecule has 0 heterocycles. The molecule has 4 nitrogen and oxygen atoms in total. The van der Waals surface area contributed by atoms with E-state index in [9.17, 15) is 8.42 Å². The van der Waals surface area contributed by atoms with E-state index in [1.165, 1.54) is 25.7 Å². The lowest BCUT2D eigenvalue weighted by Gasteiger charge is -2.14. The zero-order valence-electron chi connectivity index (χ0n) is 13.0. The van der Waals surface area contributed by atoms with Crippen LogP contribution in [0.5, 0.6) is 0 Å². The van der Waals surface area contributed by atoms with Crippen LogP contribution in [0.2, 0.25) is 0 Å². The van der Waals surface area contributed by atoms with Gasteiger partial charge in [0.1, 0.15) is 0 Å². The van der Waals surface area contributed by atoms with E-state index in [1.807, 2.05) is 19.9 Å².